The van der Waals surface area contributed by atoms with E-state index in [9.17, 15) is 18.0 Å². The Morgan fingerprint density at radius 3 is 2.53 bits per heavy atom. The van der Waals surface area contributed by atoms with Crippen LogP contribution in [0.3, 0.4) is 0 Å². The van der Waals surface area contributed by atoms with Crippen LogP contribution in [0.1, 0.15) is 55.8 Å². The Hall–Kier alpha value is -4.23. The number of alkyl halides is 3. The molecule has 0 aromatic heterocycles. The molecule has 0 radical (unpaired) electrons. The number of halogens is 3. The van der Waals surface area contributed by atoms with E-state index in [1.54, 1.807) is 6.20 Å². The number of guanidine groups is 1. The van der Waals surface area contributed by atoms with Crippen LogP contribution in [0.15, 0.2) is 65.3 Å². The highest BCUT2D eigenvalue weighted by Crippen LogP contribution is 2.32. The first-order chi connectivity index (χ1) is 20.4. The number of ether oxygens (including phenoxy) is 1. The molecule has 43 heavy (non-hydrogen) atoms. The SMILES string of the molecule is C[C@H](N)CCCc1cc(OC(F)(F)F)cc(C2=CC3=CN(c4ccc([C@H](C)NCCCN=C(N)N)cc4)C(=O)NC3N2)c1. The molecular weight excluding hydrogens is 561 g/mol. The number of nitrogens with one attached hydrogen (secondary N) is 3. The van der Waals surface area contributed by atoms with Gasteiger partial charge in [0, 0.05) is 41.7 Å². The van der Waals surface area contributed by atoms with Crippen molar-refractivity contribution in [2.75, 3.05) is 18.0 Å². The number of nitrogens with two attached hydrogens (primary N) is 3. The third-order valence-electron chi connectivity index (χ3n) is 7.10. The minimum atomic E-state index is -4.82. The van der Waals surface area contributed by atoms with Crippen LogP contribution in [-0.2, 0) is 6.42 Å². The van der Waals surface area contributed by atoms with E-state index in [2.05, 4.69) is 25.7 Å². The first-order valence-corrected chi connectivity index (χ1v) is 14.2. The number of nitrogens with zero attached hydrogens (tertiary/aromatic N) is 2. The van der Waals surface area contributed by atoms with Gasteiger partial charge in [0.05, 0.1) is 5.69 Å². The van der Waals surface area contributed by atoms with Crippen LogP contribution in [0.5, 0.6) is 5.75 Å². The maximum Gasteiger partial charge on any atom is 0.573 e. The van der Waals surface area contributed by atoms with Gasteiger partial charge in [-0.1, -0.05) is 12.1 Å². The lowest BCUT2D eigenvalue weighted by Crippen LogP contribution is -2.51. The summed E-state index contributed by atoms with van der Waals surface area (Å²) >= 11 is 0. The van der Waals surface area contributed by atoms with Crippen LogP contribution in [0, 0.1) is 0 Å². The predicted molar refractivity (Wildman–Crippen MR) is 162 cm³/mol. The molecular formula is C30H39F3N8O2. The van der Waals surface area contributed by atoms with E-state index < -0.39 is 12.5 Å². The van der Waals surface area contributed by atoms with E-state index >= 15 is 0 Å². The molecule has 13 heteroatoms. The van der Waals surface area contributed by atoms with Gasteiger partial charge >= 0.3 is 12.4 Å². The van der Waals surface area contributed by atoms with Crippen molar-refractivity contribution in [3.8, 4) is 5.75 Å². The number of aryl methyl sites for hydroxylation is 1. The molecule has 0 fully saturated rings. The van der Waals surface area contributed by atoms with Gasteiger partial charge in [0.15, 0.2) is 5.96 Å². The smallest absolute Gasteiger partial charge is 0.406 e. The normalized spacial score (nSPS) is 17.7. The van der Waals surface area contributed by atoms with Gasteiger partial charge in [-0.05, 0) is 93.6 Å². The van der Waals surface area contributed by atoms with Crippen LogP contribution in [0.4, 0.5) is 23.7 Å². The highest BCUT2D eigenvalue weighted by atomic mass is 19.4. The number of urea groups is 1. The summed E-state index contributed by atoms with van der Waals surface area (Å²) in [6, 6.07) is 11.9. The minimum Gasteiger partial charge on any atom is -0.406 e. The quantitative estimate of drug-likeness (QED) is 0.116. The maximum atomic E-state index is 13.1. The average molecular weight is 601 g/mol. The lowest BCUT2D eigenvalue weighted by atomic mass is 10.0. The zero-order chi connectivity index (χ0) is 31.1. The summed E-state index contributed by atoms with van der Waals surface area (Å²) in [6.45, 7) is 5.23. The number of aliphatic imine (C=N–C) groups is 1. The molecule has 9 N–H and O–H groups in total. The van der Waals surface area contributed by atoms with Crippen molar-refractivity contribution in [1.29, 1.82) is 0 Å². The fraction of sp³-hybridized carbons (Fsp3) is 0.400. The standard InChI is InChI=1S/C30H39F3N8O2/c1-18(34)5-3-6-20-13-22(15-25(14-20)43-30(31,32)33)26-16-23-17-41(29(42)40-27(23)39-26)24-9-7-21(8-10-24)19(2)37-11-4-12-38-28(35)36/h7-10,13-19,27,37,39H,3-6,11-12,34H2,1-2H3,(H,40,42)(H4,35,36,38)/t18-,19-,27?/m0/s1. The Morgan fingerprint density at radius 2 is 1.86 bits per heavy atom. The van der Waals surface area contributed by atoms with Crippen molar-refractivity contribution in [1.82, 2.24) is 16.0 Å². The highest BCUT2D eigenvalue weighted by Gasteiger charge is 2.33. The largest absolute Gasteiger partial charge is 0.573 e. The number of fused-ring (bicyclic) bond motifs is 1. The third kappa shape index (κ3) is 9.13. The van der Waals surface area contributed by atoms with E-state index in [0.29, 0.717) is 35.5 Å². The number of benzene rings is 2. The molecule has 10 nitrogen and oxygen atoms in total. The van der Waals surface area contributed by atoms with Gasteiger partial charge in [-0.15, -0.1) is 13.2 Å². The van der Waals surface area contributed by atoms with Crippen molar-refractivity contribution in [2.45, 2.75) is 64.1 Å². The van der Waals surface area contributed by atoms with E-state index in [-0.39, 0.29) is 29.8 Å². The van der Waals surface area contributed by atoms with Crippen LogP contribution in [0.25, 0.3) is 5.70 Å². The first-order valence-electron chi connectivity index (χ1n) is 14.2. The molecule has 2 aliphatic rings. The van der Waals surface area contributed by atoms with Crippen LogP contribution < -0.4 is 42.8 Å². The number of amides is 2. The van der Waals surface area contributed by atoms with E-state index in [1.807, 2.05) is 50.3 Å². The molecule has 2 aromatic carbocycles. The first kappa shape index (κ1) is 31.7. The van der Waals surface area contributed by atoms with Crippen LogP contribution in [-0.4, -0.2) is 43.7 Å². The lowest BCUT2D eigenvalue weighted by molar-refractivity contribution is -0.274. The Bertz CT molecular complexity index is 1370. The van der Waals surface area contributed by atoms with Crippen molar-refractivity contribution in [2.24, 2.45) is 22.2 Å². The zero-order valence-corrected chi connectivity index (χ0v) is 24.2. The fourth-order valence-corrected chi connectivity index (χ4v) is 4.95. The summed E-state index contributed by atoms with van der Waals surface area (Å²) in [5.74, 6) is -0.218. The molecule has 0 bridgehead atoms. The Kier molecular flexibility index (Phi) is 10.2. The molecule has 2 aliphatic heterocycles. The van der Waals surface area contributed by atoms with E-state index in [1.165, 1.54) is 17.0 Å². The second kappa shape index (κ2) is 13.8. The molecule has 2 aromatic rings. The van der Waals surface area contributed by atoms with Crippen molar-refractivity contribution < 1.29 is 22.7 Å². The van der Waals surface area contributed by atoms with Gasteiger partial charge in [0.25, 0.3) is 0 Å². The van der Waals surface area contributed by atoms with Gasteiger partial charge in [0.1, 0.15) is 11.9 Å². The summed E-state index contributed by atoms with van der Waals surface area (Å²) in [4.78, 5) is 18.5. The zero-order valence-electron chi connectivity index (χ0n) is 24.2. The lowest BCUT2D eigenvalue weighted by Gasteiger charge is -2.29. The Balaban J connectivity index is 1.48. The van der Waals surface area contributed by atoms with Gasteiger partial charge in [0.2, 0.25) is 0 Å². The fourth-order valence-electron chi connectivity index (χ4n) is 4.95. The number of hydrogen-bond donors (Lipinski definition) is 6. The molecule has 4 rings (SSSR count). The average Bonchev–Trinajstić information content (AvgIpc) is 3.34. The van der Waals surface area contributed by atoms with Crippen LogP contribution in [0.2, 0.25) is 0 Å². The highest BCUT2D eigenvalue weighted by molar-refractivity contribution is 5.96. The van der Waals surface area contributed by atoms with Crippen molar-refractivity contribution >= 4 is 23.4 Å². The van der Waals surface area contributed by atoms with Crippen molar-refractivity contribution in [3.05, 3.63) is 77.0 Å². The monoisotopic (exact) mass is 600 g/mol. The molecule has 0 spiro atoms. The Morgan fingerprint density at radius 1 is 1.12 bits per heavy atom. The molecule has 3 atom stereocenters. The molecule has 2 amide bonds. The molecule has 232 valence electrons. The molecule has 0 aliphatic carbocycles. The second-order valence-electron chi connectivity index (χ2n) is 10.8. The van der Waals surface area contributed by atoms with Gasteiger partial charge < -0.3 is 37.9 Å². The van der Waals surface area contributed by atoms with Gasteiger partial charge in [-0.25, -0.2) is 4.79 Å². The van der Waals surface area contributed by atoms with Gasteiger partial charge in [-0.2, -0.15) is 0 Å². The summed E-state index contributed by atoms with van der Waals surface area (Å²) in [5, 5.41) is 9.54. The maximum absolute atomic E-state index is 13.1. The van der Waals surface area contributed by atoms with Gasteiger partial charge in [-0.3, -0.25) is 9.89 Å². The second-order valence-corrected chi connectivity index (χ2v) is 10.8. The summed E-state index contributed by atoms with van der Waals surface area (Å²) in [7, 11) is 0. The number of carbonyl (C=O) groups is 1. The topological polar surface area (TPSA) is 156 Å². The van der Waals surface area contributed by atoms with E-state index in [0.717, 1.165) is 36.9 Å². The summed E-state index contributed by atoms with van der Waals surface area (Å²) in [5.41, 5.74) is 20.8. The van der Waals surface area contributed by atoms with E-state index in [4.69, 9.17) is 17.2 Å². The molecule has 1 unspecified atom stereocenters. The van der Waals surface area contributed by atoms with Crippen molar-refractivity contribution in [3.63, 3.8) is 0 Å². The number of hydrogen-bond acceptors (Lipinski definition) is 6. The minimum absolute atomic E-state index is 0.000872. The predicted octanol–water partition coefficient (Wildman–Crippen LogP) is 3.95. The Labute approximate surface area is 249 Å². The molecule has 0 saturated heterocycles. The summed E-state index contributed by atoms with van der Waals surface area (Å²) < 4.78 is 43.4. The molecule has 0 saturated carbocycles. The number of anilines is 1. The third-order valence-corrected chi connectivity index (χ3v) is 7.10. The number of carbonyl (C=O) groups excluding carboxylic acids is 1. The molecule has 2 heterocycles. The number of rotatable bonds is 13. The summed E-state index contributed by atoms with van der Waals surface area (Å²) in [6.07, 6.45) is 1.02. The van der Waals surface area contributed by atoms with Crippen LogP contribution >= 0.6 is 0 Å².